The minimum absolute atomic E-state index is 0.126. The van der Waals surface area contributed by atoms with E-state index in [0.717, 1.165) is 29.6 Å². The lowest BCUT2D eigenvalue weighted by Crippen LogP contribution is -2.71. The number of esters is 1. The number of rotatable bonds is 9. The van der Waals surface area contributed by atoms with Gasteiger partial charge in [0.1, 0.15) is 52.9 Å². The van der Waals surface area contributed by atoms with Crippen LogP contribution in [0.15, 0.2) is 18.3 Å². The maximum atomic E-state index is 13.9. The average molecular weight is 648 g/mol. The second kappa shape index (κ2) is 13.3. The van der Waals surface area contributed by atoms with Crippen molar-refractivity contribution in [1.82, 2.24) is 24.8 Å². The fraction of sp³-hybridized carbons (Fsp3) is 0.577. The molecule has 44 heavy (non-hydrogen) atoms. The number of aromatic nitrogens is 3. The molecule has 1 aromatic carbocycles. The third kappa shape index (κ3) is 6.63. The zero-order valence-corrected chi connectivity index (χ0v) is 24.9. The topological polar surface area (TPSA) is 177 Å². The second-order valence-corrected chi connectivity index (χ2v) is 11.7. The van der Waals surface area contributed by atoms with Gasteiger partial charge in [0.05, 0.1) is 26.4 Å². The number of amides is 2. The van der Waals surface area contributed by atoms with E-state index in [0.29, 0.717) is 12.1 Å². The number of thioether (sulfide) groups is 1. The van der Waals surface area contributed by atoms with E-state index in [4.69, 9.17) is 9.47 Å². The molecule has 2 aliphatic rings. The molecule has 0 bridgehead atoms. The fourth-order valence-electron chi connectivity index (χ4n) is 4.88. The van der Waals surface area contributed by atoms with Crippen LogP contribution in [0.5, 0.6) is 0 Å². The van der Waals surface area contributed by atoms with Crippen molar-refractivity contribution in [1.29, 1.82) is 0 Å². The molecular weight excluding hydrogens is 615 g/mol. The van der Waals surface area contributed by atoms with Gasteiger partial charge in [-0.1, -0.05) is 5.21 Å². The van der Waals surface area contributed by atoms with Gasteiger partial charge in [0.25, 0.3) is 0 Å². The molecule has 0 radical (unpaired) electrons. The van der Waals surface area contributed by atoms with Crippen molar-refractivity contribution in [3.8, 4) is 11.3 Å². The summed E-state index contributed by atoms with van der Waals surface area (Å²) in [6, 6.07) is 0.0205. The number of carbonyl (C=O) groups excluding carboxylic acids is 3. The molecule has 242 valence electrons. The molecule has 0 unspecified atom stereocenters. The number of nitrogens with zero attached hydrogens (tertiary/aromatic N) is 5. The molecule has 6 atom stereocenters. The van der Waals surface area contributed by atoms with E-state index >= 15 is 0 Å². The molecule has 3 heterocycles. The lowest BCUT2D eigenvalue weighted by atomic mass is 9.89. The Hall–Kier alpha value is -3.45. The van der Waals surface area contributed by atoms with Crippen LogP contribution in [0.4, 0.5) is 18.0 Å². The summed E-state index contributed by atoms with van der Waals surface area (Å²) in [6.07, 6.45) is -4.08. The summed E-state index contributed by atoms with van der Waals surface area (Å²) in [5.41, 5.74) is -3.41. The van der Waals surface area contributed by atoms with Crippen molar-refractivity contribution in [3.05, 3.63) is 35.8 Å². The van der Waals surface area contributed by atoms with Crippen molar-refractivity contribution in [2.45, 2.75) is 54.5 Å². The summed E-state index contributed by atoms with van der Waals surface area (Å²) in [5, 5.41) is 40.5. The molecule has 1 aromatic heterocycles. The maximum Gasteiger partial charge on any atom is 0.409 e. The predicted molar refractivity (Wildman–Crippen MR) is 145 cm³/mol. The van der Waals surface area contributed by atoms with Crippen LogP contribution in [0.2, 0.25) is 0 Å². The van der Waals surface area contributed by atoms with Gasteiger partial charge in [-0.2, -0.15) is 0 Å². The van der Waals surface area contributed by atoms with Crippen LogP contribution in [0, 0.1) is 17.5 Å². The van der Waals surface area contributed by atoms with Crippen LogP contribution in [0.1, 0.15) is 19.9 Å². The molecule has 2 fully saturated rings. The number of likely N-dealkylation sites (tertiary alicyclic amines) is 1. The minimum atomic E-state index is -1.75. The zero-order valence-electron chi connectivity index (χ0n) is 24.1. The number of ether oxygens (including phenoxy) is 3. The lowest BCUT2D eigenvalue weighted by Gasteiger charge is -2.50. The molecule has 0 saturated carbocycles. The quantitative estimate of drug-likeness (QED) is 0.251. The Kier molecular flexibility index (Phi) is 10.1. The highest BCUT2D eigenvalue weighted by Gasteiger charge is 2.56. The molecule has 2 saturated heterocycles. The monoisotopic (exact) mass is 647 g/mol. The van der Waals surface area contributed by atoms with Crippen LogP contribution < -0.4 is 0 Å². The van der Waals surface area contributed by atoms with Crippen LogP contribution in [-0.2, 0) is 23.8 Å². The number of carbonyl (C=O) groups is 3. The van der Waals surface area contributed by atoms with Crippen molar-refractivity contribution in [3.63, 3.8) is 0 Å². The highest BCUT2D eigenvalue weighted by atomic mass is 32.2. The Morgan fingerprint density at radius 1 is 1.20 bits per heavy atom. The summed E-state index contributed by atoms with van der Waals surface area (Å²) in [4.78, 5) is 39.4. The molecule has 18 heteroatoms. The number of aliphatic hydroxyl groups excluding tert-OH is 2. The third-order valence-electron chi connectivity index (χ3n) is 7.41. The maximum absolute atomic E-state index is 13.9. The van der Waals surface area contributed by atoms with Gasteiger partial charge in [-0.3, -0.25) is 9.59 Å². The highest BCUT2D eigenvalue weighted by Crippen LogP contribution is 2.42. The Labute approximate surface area is 253 Å². The largest absolute Gasteiger partial charge is 0.463 e. The first kappa shape index (κ1) is 33.4. The number of methoxy groups -OCH3 is 1. The van der Waals surface area contributed by atoms with Gasteiger partial charge in [0, 0.05) is 26.1 Å². The molecular formula is C26H32F3N5O9S. The molecule has 2 aromatic rings. The summed E-state index contributed by atoms with van der Waals surface area (Å²) in [6.45, 7) is 2.12. The van der Waals surface area contributed by atoms with Gasteiger partial charge in [0.15, 0.2) is 17.5 Å². The molecule has 0 aliphatic carbocycles. The first-order valence-corrected chi connectivity index (χ1v) is 14.3. The van der Waals surface area contributed by atoms with Crippen LogP contribution >= 0.6 is 11.8 Å². The van der Waals surface area contributed by atoms with Crippen molar-refractivity contribution < 1.29 is 57.1 Å². The number of hydrogen-bond acceptors (Lipinski definition) is 12. The van der Waals surface area contributed by atoms with Crippen molar-refractivity contribution in [2.24, 2.45) is 0 Å². The van der Waals surface area contributed by atoms with Crippen molar-refractivity contribution >= 4 is 29.7 Å². The Morgan fingerprint density at radius 3 is 2.41 bits per heavy atom. The van der Waals surface area contributed by atoms with Gasteiger partial charge in [-0.05, 0) is 19.1 Å². The second-order valence-electron chi connectivity index (χ2n) is 10.5. The Morgan fingerprint density at radius 2 is 1.84 bits per heavy atom. The highest BCUT2D eigenvalue weighted by molar-refractivity contribution is 8.01. The minimum Gasteiger partial charge on any atom is -0.463 e. The van der Waals surface area contributed by atoms with Gasteiger partial charge in [0.2, 0.25) is 5.91 Å². The summed E-state index contributed by atoms with van der Waals surface area (Å²) < 4.78 is 57.8. The Bertz CT molecular complexity index is 1370. The first-order valence-electron chi connectivity index (χ1n) is 13.4. The smallest absolute Gasteiger partial charge is 0.409 e. The summed E-state index contributed by atoms with van der Waals surface area (Å²) in [5.74, 6) is -5.84. The van der Waals surface area contributed by atoms with E-state index in [1.807, 2.05) is 0 Å². The molecule has 2 amide bonds. The molecule has 4 rings (SSSR count). The van der Waals surface area contributed by atoms with Crippen LogP contribution in [-0.4, -0.2) is 133 Å². The lowest BCUT2D eigenvalue weighted by molar-refractivity contribution is -0.187. The number of β-amino-alcohol motifs (C(OH)–C–C–N with tert-alkyl or cyclic N) is 1. The van der Waals surface area contributed by atoms with Gasteiger partial charge < -0.3 is 39.3 Å². The van der Waals surface area contributed by atoms with Crippen molar-refractivity contribution in [2.75, 3.05) is 40.4 Å². The van der Waals surface area contributed by atoms with E-state index in [1.54, 1.807) is 6.92 Å². The van der Waals surface area contributed by atoms with Gasteiger partial charge in [-0.25, -0.2) is 22.6 Å². The van der Waals surface area contributed by atoms with E-state index in [1.165, 1.54) is 24.0 Å². The number of aliphatic hydroxyl groups is 3. The number of hydrogen-bond donors (Lipinski definition) is 3. The van der Waals surface area contributed by atoms with E-state index in [9.17, 15) is 42.9 Å². The normalized spacial score (nSPS) is 25.1. The fourth-order valence-corrected chi connectivity index (χ4v) is 6.38. The van der Waals surface area contributed by atoms with Gasteiger partial charge >= 0.3 is 12.1 Å². The molecule has 2 aliphatic heterocycles. The Balaban J connectivity index is 1.67. The summed E-state index contributed by atoms with van der Waals surface area (Å²) >= 11 is 0.731. The number of halogens is 3. The van der Waals surface area contributed by atoms with Crippen LogP contribution in [0.3, 0.4) is 0 Å². The summed E-state index contributed by atoms with van der Waals surface area (Å²) in [7, 11) is 2.67. The molecule has 3 N–H and O–H groups in total. The third-order valence-corrected chi connectivity index (χ3v) is 8.98. The molecule has 0 spiro atoms. The molecule has 14 nitrogen and oxygen atoms in total. The zero-order chi connectivity index (χ0) is 32.5. The predicted octanol–water partition coefficient (Wildman–Crippen LogP) is 0.307. The average Bonchev–Trinajstić information content (AvgIpc) is 3.45. The van der Waals surface area contributed by atoms with E-state index < -0.39 is 82.7 Å². The van der Waals surface area contributed by atoms with Gasteiger partial charge in [-0.15, -0.1) is 16.9 Å². The van der Waals surface area contributed by atoms with Crippen LogP contribution in [0.25, 0.3) is 11.3 Å². The van der Waals surface area contributed by atoms with E-state index in [2.05, 4.69) is 15.0 Å². The standard InChI is InChI=1S/C26H32F3N5O9S/c1-5-32(3)23(38)22(26(40)10-33(11-26)25(39)41-4)44-24-21(37)19(20(36)17(43-24)9-42-12(2)35)34-8-16(30-31-34)13-6-14(27)18(29)15(28)7-13/h6-8,17,19-22,24,36-37,40H,5,9-11H2,1-4H3/t17-,19+,20+,21-,22+,24+/m1/s1. The number of benzene rings is 1. The SMILES string of the molecule is CCN(C)C(=O)[C@H](S[C@@H]1O[C@H](COC(C)=O)[C@H](O)[C@H](n2cc(-c3cc(F)c(F)c(F)c3)nn2)[C@H]1O)C1(O)CN(C(=O)OC)C1. The van der Waals surface area contributed by atoms with E-state index in [-0.39, 0.29) is 30.9 Å². The first-order chi connectivity index (χ1) is 20.7.